The van der Waals surface area contributed by atoms with Crippen LogP contribution in [0.3, 0.4) is 0 Å². The zero-order valence-electron chi connectivity index (χ0n) is 15.8. The predicted molar refractivity (Wildman–Crippen MR) is 103 cm³/mol. The van der Waals surface area contributed by atoms with E-state index in [0.717, 1.165) is 43.7 Å². The van der Waals surface area contributed by atoms with Crippen molar-refractivity contribution >= 4 is 27.0 Å². The largest absolute Gasteiger partial charge is 0.460 e. The zero-order valence-corrected chi connectivity index (χ0v) is 16.6. The maximum atomic E-state index is 12.6. The molecule has 0 radical (unpaired) electrons. The quantitative estimate of drug-likeness (QED) is 0.571. The fraction of sp³-hybridized carbons (Fsp3) is 0.500. The molecule has 2 heterocycles. The van der Waals surface area contributed by atoms with Crippen LogP contribution in [0.15, 0.2) is 27.4 Å². The van der Waals surface area contributed by atoms with Gasteiger partial charge in [0.15, 0.2) is 0 Å². The van der Waals surface area contributed by atoms with E-state index < -0.39 is 27.7 Å². The Labute approximate surface area is 163 Å². The Bertz CT molecular complexity index is 1090. The number of ether oxygens (including phenoxy) is 1. The van der Waals surface area contributed by atoms with Crippen LogP contribution in [0.4, 0.5) is 0 Å². The molecule has 1 saturated heterocycles. The van der Waals surface area contributed by atoms with Gasteiger partial charge in [0.25, 0.3) is 0 Å². The molecule has 1 atom stereocenters. The molecule has 0 N–H and O–H groups in total. The third-order valence-corrected chi connectivity index (χ3v) is 6.85. The summed E-state index contributed by atoms with van der Waals surface area (Å²) in [5, 5.41) is 0.761. The summed E-state index contributed by atoms with van der Waals surface area (Å²) in [5.74, 6) is -0.576. The van der Waals surface area contributed by atoms with Gasteiger partial charge in [0.1, 0.15) is 18.2 Å². The number of hydrogen-bond donors (Lipinski definition) is 0. The van der Waals surface area contributed by atoms with E-state index in [4.69, 9.17) is 9.15 Å². The number of carbonyl (C=O) groups excluding carboxylic acids is 1. The minimum atomic E-state index is -3.48. The van der Waals surface area contributed by atoms with Crippen LogP contribution in [-0.2, 0) is 39.0 Å². The van der Waals surface area contributed by atoms with Gasteiger partial charge < -0.3 is 9.15 Å². The van der Waals surface area contributed by atoms with Gasteiger partial charge in [-0.15, -0.1) is 0 Å². The predicted octanol–water partition coefficient (Wildman–Crippen LogP) is 2.14. The van der Waals surface area contributed by atoms with Gasteiger partial charge in [-0.1, -0.05) is 0 Å². The Kier molecular flexibility index (Phi) is 5.01. The summed E-state index contributed by atoms with van der Waals surface area (Å²) >= 11 is 0. The van der Waals surface area contributed by atoms with Crippen LogP contribution in [0, 0.1) is 0 Å². The average molecular weight is 405 g/mol. The fourth-order valence-corrected chi connectivity index (χ4v) is 5.31. The molecule has 28 heavy (non-hydrogen) atoms. The molecule has 1 unspecified atom stereocenters. The SMILES string of the molecule is CS(=O)(=O)N1CCCCC1C(=O)OCc1cc(=O)oc2cc3c(cc12)CCC3. The number of aryl methyl sites for hydroxylation is 2. The maximum Gasteiger partial charge on any atom is 0.336 e. The lowest BCUT2D eigenvalue weighted by Gasteiger charge is -2.31. The molecule has 7 nitrogen and oxygen atoms in total. The molecule has 0 spiro atoms. The number of esters is 1. The molecule has 0 saturated carbocycles. The van der Waals surface area contributed by atoms with E-state index in [1.54, 1.807) is 0 Å². The summed E-state index contributed by atoms with van der Waals surface area (Å²) in [7, 11) is -3.48. The highest BCUT2D eigenvalue weighted by molar-refractivity contribution is 7.88. The second-order valence-corrected chi connectivity index (χ2v) is 9.49. The summed E-state index contributed by atoms with van der Waals surface area (Å²) < 4.78 is 35.9. The van der Waals surface area contributed by atoms with Crippen molar-refractivity contribution in [1.29, 1.82) is 0 Å². The van der Waals surface area contributed by atoms with Gasteiger partial charge in [0.05, 0.1) is 6.26 Å². The van der Waals surface area contributed by atoms with Crippen LogP contribution < -0.4 is 5.63 Å². The van der Waals surface area contributed by atoms with Crippen molar-refractivity contribution in [1.82, 2.24) is 4.31 Å². The number of sulfonamides is 1. The third kappa shape index (κ3) is 3.71. The van der Waals surface area contributed by atoms with E-state index in [1.807, 2.05) is 12.1 Å². The zero-order chi connectivity index (χ0) is 19.9. The number of carbonyl (C=O) groups is 1. The molecule has 2 aliphatic rings. The summed E-state index contributed by atoms with van der Waals surface area (Å²) in [6.07, 6.45) is 6.07. The molecule has 8 heteroatoms. The normalized spacial score (nSPS) is 20.2. The molecule has 4 rings (SSSR count). The van der Waals surface area contributed by atoms with E-state index in [-0.39, 0.29) is 6.61 Å². The van der Waals surface area contributed by atoms with E-state index in [0.29, 0.717) is 24.1 Å². The number of hydrogen-bond acceptors (Lipinski definition) is 6. The molecular formula is C20H23NO6S. The first-order valence-electron chi connectivity index (χ1n) is 9.55. The van der Waals surface area contributed by atoms with Gasteiger partial charge in [0, 0.05) is 23.6 Å². The Balaban J connectivity index is 1.58. The molecule has 0 bridgehead atoms. The van der Waals surface area contributed by atoms with Gasteiger partial charge in [-0.3, -0.25) is 4.79 Å². The van der Waals surface area contributed by atoms with Gasteiger partial charge in [-0.2, -0.15) is 4.31 Å². The lowest BCUT2D eigenvalue weighted by molar-refractivity contribution is -0.150. The molecular weight excluding hydrogens is 382 g/mol. The van der Waals surface area contributed by atoms with Gasteiger partial charge >= 0.3 is 11.6 Å². The van der Waals surface area contributed by atoms with Crippen molar-refractivity contribution in [2.75, 3.05) is 12.8 Å². The first kappa shape index (κ1) is 19.1. The van der Waals surface area contributed by atoms with Crippen molar-refractivity contribution in [3.8, 4) is 0 Å². The minimum Gasteiger partial charge on any atom is -0.460 e. The molecule has 150 valence electrons. The Morgan fingerprint density at radius 3 is 2.68 bits per heavy atom. The summed E-state index contributed by atoms with van der Waals surface area (Å²) in [6.45, 7) is 0.233. The fourth-order valence-electron chi connectivity index (χ4n) is 4.20. The van der Waals surface area contributed by atoms with Crippen molar-refractivity contribution in [3.05, 3.63) is 45.3 Å². The second-order valence-electron chi connectivity index (χ2n) is 7.55. The lowest BCUT2D eigenvalue weighted by atomic mass is 10.0. The van der Waals surface area contributed by atoms with Crippen LogP contribution >= 0.6 is 0 Å². The summed E-state index contributed by atoms with van der Waals surface area (Å²) in [4.78, 5) is 24.5. The number of nitrogens with zero attached hydrogens (tertiary/aromatic N) is 1. The Morgan fingerprint density at radius 1 is 1.18 bits per heavy atom. The Hall–Kier alpha value is -2.19. The van der Waals surface area contributed by atoms with Gasteiger partial charge in [0.2, 0.25) is 10.0 Å². The standard InChI is InChI=1S/C20H23NO6S/c1-28(24,25)21-8-3-2-7-17(21)20(23)26-12-15-11-19(22)27-18-10-14-6-4-5-13(14)9-16(15)18/h9-11,17H,2-8,12H2,1H3. The van der Waals surface area contributed by atoms with Crippen LogP contribution in [0.5, 0.6) is 0 Å². The lowest BCUT2D eigenvalue weighted by Crippen LogP contribution is -2.48. The number of rotatable bonds is 4. The van der Waals surface area contributed by atoms with E-state index in [1.165, 1.54) is 21.5 Å². The number of benzene rings is 1. The van der Waals surface area contributed by atoms with Crippen LogP contribution in [0.1, 0.15) is 42.4 Å². The first-order valence-corrected chi connectivity index (χ1v) is 11.4. The Morgan fingerprint density at radius 2 is 1.93 bits per heavy atom. The van der Waals surface area contributed by atoms with Crippen LogP contribution in [-0.4, -0.2) is 37.5 Å². The highest BCUT2D eigenvalue weighted by Crippen LogP contribution is 2.29. The van der Waals surface area contributed by atoms with E-state index >= 15 is 0 Å². The van der Waals surface area contributed by atoms with Crippen LogP contribution in [0.25, 0.3) is 11.0 Å². The monoisotopic (exact) mass is 405 g/mol. The molecule has 1 aromatic heterocycles. The maximum absolute atomic E-state index is 12.6. The third-order valence-electron chi connectivity index (χ3n) is 5.56. The number of fused-ring (bicyclic) bond motifs is 2. The molecule has 1 aliphatic heterocycles. The summed E-state index contributed by atoms with van der Waals surface area (Å²) in [5.41, 5.74) is 3.00. The van der Waals surface area contributed by atoms with E-state index in [2.05, 4.69) is 0 Å². The average Bonchev–Trinajstić information content (AvgIpc) is 3.10. The topological polar surface area (TPSA) is 93.9 Å². The van der Waals surface area contributed by atoms with Crippen molar-refractivity contribution in [2.45, 2.75) is 51.2 Å². The second kappa shape index (κ2) is 7.33. The van der Waals surface area contributed by atoms with Crippen molar-refractivity contribution < 1.29 is 22.4 Å². The molecule has 2 aromatic rings. The highest BCUT2D eigenvalue weighted by Gasteiger charge is 2.35. The highest BCUT2D eigenvalue weighted by atomic mass is 32.2. The minimum absolute atomic E-state index is 0.0895. The van der Waals surface area contributed by atoms with Crippen molar-refractivity contribution in [3.63, 3.8) is 0 Å². The molecule has 1 aromatic carbocycles. The first-order chi connectivity index (χ1) is 13.3. The number of piperidine rings is 1. The van der Waals surface area contributed by atoms with Crippen molar-refractivity contribution in [2.24, 2.45) is 0 Å². The molecule has 1 fully saturated rings. The van der Waals surface area contributed by atoms with Gasteiger partial charge in [-0.25, -0.2) is 13.2 Å². The molecule has 1 aliphatic carbocycles. The van der Waals surface area contributed by atoms with E-state index in [9.17, 15) is 18.0 Å². The van der Waals surface area contributed by atoms with Gasteiger partial charge in [-0.05, 0) is 61.8 Å². The smallest absolute Gasteiger partial charge is 0.336 e. The molecule has 0 amide bonds. The summed E-state index contributed by atoms with van der Waals surface area (Å²) in [6, 6.07) is 4.44. The van der Waals surface area contributed by atoms with Crippen LogP contribution in [0.2, 0.25) is 0 Å².